The van der Waals surface area contributed by atoms with Crippen LogP contribution < -0.4 is 5.32 Å². The van der Waals surface area contributed by atoms with Crippen molar-refractivity contribution in [1.29, 1.82) is 0 Å². The molecule has 20 heavy (non-hydrogen) atoms. The van der Waals surface area contributed by atoms with E-state index in [1.165, 1.54) is 0 Å². The summed E-state index contributed by atoms with van der Waals surface area (Å²) in [4.78, 5) is 10.6. The minimum Gasteiger partial charge on any atom is -0.411 e. The fourth-order valence-corrected chi connectivity index (χ4v) is 3.79. The van der Waals surface area contributed by atoms with Crippen molar-refractivity contribution in [2.75, 3.05) is 0 Å². The van der Waals surface area contributed by atoms with Crippen molar-refractivity contribution in [3.05, 3.63) is 11.8 Å². The molecule has 1 aliphatic carbocycles. The van der Waals surface area contributed by atoms with Crippen LogP contribution in [-0.2, 0) is 14.0 Å². The molecule has 114 valence electrons. The highest BCUT2D eigenvalue weighted by atomic mass is 28.4. The van der Waals surface area contributed by atoms with Crippen LogP contribution in [0.1, 0.15) is 27.7 Å². The average Bonchev–Trinajstić information content (AvgIpc) is 3.01. The van der Waals surface area contributed by atoms with E-state index in [0.717, 1.165) is 0 Å². The van der Waals surface area contributed by atoms with Gasteiger partial charge in [0.15, 0.2) is 8.32 Å². The SMILES string of the molecule is C[C@@H](O[Si](C)(C)C(C)(C)C)[C@]1(O)C=C(NC=O)[C@H]2O[C@H]21. The number of carbonyl (C=O) groups is 1. The standard InChI is InChI=1S/C14H25NO4Si/c1-9(19-20(5,6)13(2,3)4)14(17)7-10(15-8-16)11-12(14)18-11/h7-9,11-12,17H,1-6H3,(H,15,16)/t9-,11-,12-,14-/m1/s1. The maximum absolute atomic E-state index is 10.8. The third kappa shape index (κ3) is 2.45. The number of ether oxygens (including phenoxy) is 1. The average molecular weight is 299 g/mol. The van der Waals surface area contributed by atoms with Crippen molar-refractivity contribution >= 4 is 14.7 Å². The lowest BCUT2D eigenvalue weighted by molar-refractivity contribution is -0.109. The molecule has 0 bridgehead atoms. The van der Waals surface area contributed by atoms with Gasteiger partial charge in [0.05, 0.1) is 6.10 Å². The van der Waals surface area contributed by atoms with E-state index >= 15 is 0 Å². The van der Waals surface area contributed by atoms with Crippen LogP contribution in [0.2, 0.25) is 18.1 Å². The smallest absolute Gasteiger partial charge is 0.211 e. The largest absolute Gasteiger partial charge is 0.411 e. The predicted molar refractivity (Wildman–Crippen MR) is 78.6 cm³/mol. The second-order valence-electron chi connectivity index (χ2n) is 7.25. The number of rotatable bonds is 5. The molecule has 1 amide bonds. The Balaban J connectivity index is 2.14. The van der Waals surface area contributed by atoms with Gasteiger partial charge in [-0.25, -0.2) is 0 Å². The molecule has 0 spiro atoms. The van der Waals surface area contributed by atoms with E-state index in [2.05, 4.69) is 39.2 Å². The molecule has 1 aliphatic heterocycles. The molecule has 2 aliphatic rings. The van der Waals surface area contributed by atoms with Gasteiger partial charge in [-0.2, -0.15) is 0 Å². The summed E-state index contributed by atoms with van der Waals surface area (Å²) in [5, 5.41) is 13.5. The van der Waals surface area contributed by atoms with Crippen molar-refractivity contribution in [3.63, 3.8) is 0 Å². The lowest BCUT2D eigenvalue weighted by Crippen LogP contribution is -2.52. The summed E-state index contributed by atoms with van der Waals surface area (Å²) >= 11 is 0. The Morgan fingerprint density at radius 2 is 2.15 bits per heavy atom. The minimum atomic E-state index is -1.97. The van der Waals surface area contributed by atoms with E-state index in [0.29, 0.717) is 12.1 Å². The fraction of sp³-hybridized carbons (Fsp3) is 0.786. The molecule has 2 N–H and O–H groups in total. The number of amides is 1. The van der Waals surface area contributed by atoms with Crippen molar-refractivity contribution in [3.8, 4) is 0 Å². The number of nitrogens with one attached hydrogen (secondary N) is 1. The van der Waals surface area contributed by atoms with Gasteiger partial charge in [-0.05, 0) is 31.1 Å². The molecule has 0 aromatic carbocycles. The molecule has 1 saturated heterocycles. The first kappa shape index (κ1) is 15.7. The van der Waals surface area contributed by atoms with Crippen LogP contribution in [0, 0.1) is 0 Å². The molecule has 0 radical (unpaired) electrons. The summed E-state index contributed by atoms with van der Waals surface area (Å²) in [6, 6.07) is 0. The minimum absolute atomic E-state index is 0.0770. The molecule has 2 rings (SSSR count). The van der Waals surface area contributed by atoms with Gasteiger partial charge in [-0.15, -0.1) is 0 Å². The number of carbonyl (C=O) groups excluding carboxylic acids is 1. The van der Waals surface area contributed by atoms with E-state index in [9.17, 15) is 9.90 Å². The summed E-state index contributed by atoms with van der Waals surface area (Å²) < 4.78 is 11.7. The first-order valence-electron chi connectivity index (χ1n) is 7.01. The number of aliphatic hydroxyl groups is 1. The first-order chi connectivity index (χ1) is 9.03. The van der Waals surface area contributed by atoms with Gasteiger partial charge >= 0.3 is 0 Å². The Kier molecular flexibility index (Phi) is 3.66. The van der Waals surface area contributed by atoms with E-state index in [1.807, 2.05) is 6.92 Å². The van der Waals surface area contributed by atoms with Crippen LogP contribution in [-0.4, -0.2) is 43.7 Å². The quantitative estimate of drug-likeness (QED) is 0.459. The molecule has 0 aromatic heterocycles. The molecule has 1 heterocycles. The highest BCUT2D eigenvalue weighted by molar-refractivity contribution is 6.74. The fourth-order valence-electron chi connectivity index (χ4n) is 2.37. The van der Waals surface area contributed by atoms with Gasteiger partial charge in [-0.1, -0.05) is 20.8 Å². The van der Waals surface area contributed by atoms with Gasteiger partial charge < -0.3 is 19.6 Å². The maximum Gasteiger partial charge on any atom is 0.211 e. The Morgan fingerprint density at radius 3 is 2.65 bits per heavy atom. The number of hydrogen-bond donors (Lipinski definition) is 2. The highest BCUT2D eigenvalue weighted by Gasteiger charge is 2.63. The van der Waals surface area contributed by atoms with Crippen molar-refractivity contribution in [2.24, 2.45) is 0 Å². The number of fused-ring (bicyclic) bond motifs is 1. The van der Waals surface area contributed by atoms with Crippen molar-refractivity contribution in [1.82, 2.24) is 5.32 Å². The molecule has 0 aromatic rings. The monoisotopic (exact) mass is 299 g/mol. The summed E-state index contributed by atoms with van der Waals surface area (Å²) in [7, 11) is -1.97. The van der Waals surface area contributed by atoms with Crippen LogP contribution in [0.5, 0.6) is 0 Å². The molecule has 0 saturated carbocycles. The van der Waals surface area contributed by atoms with E-state index in [4.69, 9.17) is 9.16 Å². The molecule has 4 atom stereocenters. The first-order valence-corrected chi connectivity index (χ1v) is 9.92. The summed E-state index contributed by atoms with van der Waals surface area (Å²) in [5.74, 6) is 0. The van der Waals surface area contributed by atoms with Gasteiger partial charge in [0.1, 0.15) is 17.8 Å². The predicted octanol–water partition coefficient (Wildman–Crippen LogP) is 1.54. The Bertz CT molecular complexity index is 443. The third-order valence-corrected chi connectivity index (χ3v) is 9.35. The number of hydrogen-bond acceptors (Lipinski definition) is 4. The lowest BCUT2D eigenvalue weighted by atomic mass is 9.97. The zero-order chi connectivity index (χ0) is 15.3. The zero-order valence-corrected chi connectivity index (χ0v) is 14.1. The molecule has 0 unspecified atom stereocenters. The Morgan fingerprint density at radius 1 is 1.55 bits per heavy atom. The molecule has 1 fully saturated rings. The molecular weight excluding hydrogens is 274 g/mol. The van der Waals surface area contributed by atoms with Crippen LogP contribution in [0.15, 0.2) is 11.8 Å². The van der Waals surface area contributed by atoms with Crippen molar-refractivity contribution < 1.29 is 19.1 Å². The second-order valence-corrected chi connectivity index (χ2v) is 12.0. The van der Waals surface area contributed by atoms with Crippen molar-refractivity contribution in [2.45, 2.75) is 69.7 Å². The Hall–Kier alpha value is -0.693. The molecular formula is C14H25NO4Si. The van der Waals surface area contributed by atoms with Crippen LogP contribution in [0.4, 0.5) is 0 Å². The van der Waals surface area contributed by atoms with Gasteiger partial charge in [0.2, 0.25) is 6.41 Å². The summed E-state index contributed by atoms with van der Waals surface area (Å²) in [6.07, 6.45) is 1.41. The van der Waals surface area contributed by atoms with Crippen LogP contribution in [0.3, 0.4) is 0 Å². The van der Waals surface area contributed by atoms with E-state index in [1.54, 1.807) is 6.08 Å². The van der Waals surface area contributed by atoms with E-state index in [-0.39, 0.29) is 23.4 Å². The van der Waals surface area contributed by atoms with Crippen LogP contribution in [0.25, 0.3) is 0 Å². The summed E-state index contributed by atoms with van der Waals surface area (Å²) in [5.41, 5.74) is -0.524. The molecule has 6 heteroatoms. The lowest BCUT2D eigenvalue weighted by Gasteiger charge is -2.41. The van der Waals surface area contributed by atoms with Gasteiger partial charge in [0, 0.05) is 5.70 Å². The zero-order valence-electron chi connectivity index (χ0n) is 13.1. The normalized spacial score (nSPS) is 34.2. The van der Waals surface area contributed by atoms with E-state index < -0.39 is 13.9 Å². The summed E-state index contributed by atoms with van der Waals surface area (Å²) in [6.45, 7) is 12.7. The van der Waals surface area contributed by atoms with Gasteiger partial charge in [0.25, 0.3) is 0 Å². The topological polar surface area (TPSA) is 71.1 Å². The number of epoxide rings is 1. The van der Waals surface area contributed by atoms with Crippen LogP contribution >= 0.6 is 0 Å². The highest BCUT2D eigenvalue weighted by Crippen LogP contribution is 2.48. The maximum atomic E-state index is 10.8. The second kappa shape index (κ2) is 4.66. The third-order valence-electron chi connectivity index (χ3n) is 4.80. The Labute approximate surface area is 121 Å². The van der Waals surface area contributed by atoms with Gasteiger partial charge in [-0.3, -0.25) is 4.79 Å². The molecule has 5 nitrogen and oxygen atoms in total.